The minimum absolute atomic E-state index is 0. The van der Waals surface area contributed by atoms with E-state index in [0.29, 0.717) is 12.2 Å². The Bertz CT molecular complexity index is 126. The monoisotopic (exact) mass is 266 g/mol. The Hall–Kier alpha value is -0.521. The van der Waals surface area contributed by atoms with Crippen molar-refractivity contribution in [1.29, 1.82) is 0 Å². The Morgan fingerprint density at radius 3 is 1.18 bits per heavy atom. The number of hydrogen-bond acceptors (Lipinski definition) is 4. The number of hydrogen-bond donors (Lipinski definition) is 0. The first-order valence-electron chi connectivity index (χ1n) is 1.73. The van der Waals surface area contributed by atoms with Crippen molar-refractivity contribution >= 4 is 35.8 Å². The van der Waals surface area contributed by atoms with Crippen LogP contribution >= 0.6 is 0 Å². The van der Waals surface area contributed by atoms with E-state index < -0.39 is 11.9 Å². The molecule has 5 heteroatoms. The summed E-state index contributed by atoms with van der Waals surface area (Å²) < 4.78 is 0. The van der Waals surface area contributed by atoms with Crippen molar-refractivity contribution in [3.8, 4) is 0 Å². The zero-order valence-electron chi connectivity index (χ0n) is 4.29. The van der Waals surface area contributed by atoms with Crippen molar-refractivity contribution < 1.29 is 19.8 Å². The van der Waals surface area contributed by atoms with Gasteiger partial charge in [0.05, 0.1) is 11.9 Å². The zero-order chi connectivity index (χ0) is 6.57. The number of aliphatic carboxylic acids is 2. The Labute approximate surface area is 82.9 Å². The molecule has 0 fully saturated rings. The predicted molar refractivity (Wildman–Crippen MR) is 38.4 cm³/mol. The van der Waals surface area contributed by atoms with Crippen LogP contribution in [0.4, 0.5) is 0 Å². The summed E-state index contributed by atoms with van der Waals surface area (Å²) in [5, 5.41) is 18.8. The van der Waals surface area contributed by atoms with Gasteiger partial charge in [-0.2, -0.15) is 0 Å². The number of carboxylic acids is 2. The normalized spacial score (nSPS) is 6.91. The Morgan fingerprint density at radius 1 is 0.909 bits per heavy atom. The molecule has 0 aromatic carbocycles. The first kappa shape index (κ1) is 22.4. The van der Waals surface area contributed by atoms with Gasteiger partial charge in [0.25, 0.3) is 0 Å². The van der Waals surface area contributed by atoms with Crippen molar-refractivity contribution in [2.75, 3.05) is 0 Å². The maximum Gasteiger partial charge on any atom is 2.00 e. The van der Waals surface area contributed by atoms with E-state index in [2.05, 4.69) is 0 Å². The SMILES string of the molecule is C.C.O=C([O-])/C=C\C(=O)[O-].[Sn+2]. The minimum Gasteiger partial charge on any atom is -0.545 e. The standard InChI is InChI=1S/C4H4O4.2CH4.Sn/c5-3(6)1-2-4(7)8;;;/h1-2H,(H,5,6)(H,7,8);2*1H4;/q;;;+2/p-2/b2-1-;;;. The van der Waals surface area contributed by atoms with E-state index >= 15 is 0 Å². The van der Waals surface area contributed by atoms with Crippen molar-refractivity contribution in [1.82, 2.24) is 0 Å². The van der Waals surface area contributed by atoms with E-state index in [1.165, 1.54) is 0 Å². The summed E-state index contributed by atoms with van der Waals surface area (Å²) in [6.45, 7) is 0. The molecule has 0 saturated carbocycles. The molecule has 2 radical (unpaired) electrons. The first-order valence-corrected chi connectivity index (χ1v) is 1.73. The van der Waals surface area contributed by atoms with Gasteiger partial charge >= 0.3 is 23.9 Å². The maximum atomic E-state index is 9.41. The largest absolute Gasteiger partial charge is 2.00 e. The van der Waals surface area contributed by atoms with Gasteiger partial charge in [0.2, 0.25) is 0 Å². The van der Waals surface area contributed by atoms with E-state index in [1.54, 1.807) is 0 Å². The van der Waals surface area contributed by atoms with Crippen LogP contribution in [0.3, 0.4) is 0 Å². The molecule has 0 aliphatic heterocycles. The number of carboxylic acid groups (broad SMARTS) is 2. The number of rotatable bonds is 2. The van der Waals surface area contributed by atoms with Gasteiger partial charge in [0.1, 0.15) is 0 Å². The molecule has 0 saturated heterocycles. The average molecular weight is 265 g/mol. The zero-order valence-corrected chi connectivity index (χ0v) is 7.14. The molecule has 0 amide bonds. The van der Waals surface area contributed by atoms with Gasteiger partial charge in [0.15, 0.2) is 0 Å². The third-order valence-electron chi connectivity index (χ3n) is 0.355. The second kappa shape index (κ2) is 12.2. The third kappa shape index (κ3) is 26.4. The first-order chi connectivity index (χ1) is 3.63. The molecule has 0 bridgehead atoms. The molecule has 0 spiro atoms. The fourth-order valence-electron chi connectivity index (χ4n) is 0.136. The van der Waals surface area contributed by atoms with Gasteiger partial charge in [-0.1, -0.05) is 14.9 Å². The summed E-state index contributed by atoms with van der Waals surface area (Å²) in [6.07, 6.45) is 0.769. The molecule has 0 N–H and O–H groups in total. The van der Waals surface area contributed by atoms with E-state index in [4.69, 9.17) is 0 Å². The Morgan fingerprint density at radius 2 is 1.09 bits per heavy atom. The number of carbonyl (C=O) groups excluding carboxylic acids is 2. The molecular weight excluding hydrogens is 255 g/mol. The van der Waals surface area contributed by atoms with Crippen LogP contribution in [0.2, 0.25) is 0 Å². The fourth-order valence-corrected chi connectivity index (χ4v) is 0.136. The molecule has 0 aliphatic carbocycles. The minimum atomic E-state index is -1.55. The van der Waals surface area contributed by atoms with Gasteiger partial charge < -0.3 is 19.8 Å². The molecular formula is C6H10O4Sn. The summed E-state index contributed by atoms with van der Waals surface area (Å²) in [5.41, 5.74) is 0. The van der Waals surface area contributed by atoms with Crippen LogP contribution in [-0.4, -0.2) is 35.8 Å². The molecule has 0 aromatic heterocycles. The van der Waals surface area contributed by atoms with Crippen LogP contribution in [0.15, 0.2) is 12.2 Å². The molecule has 0 aliphatic rings. The molecule has 4 nitrogen and oxygen atoms in total. The van der Waals surface area contributed by atoms with Crippen molar-refractivity contribution in [2.45, 2.75) is 14.9 Å². The van der Waals surface area contributed by atoms with Crippen molar-refractivity contribution in [3.05, 3.63) is 12.2 Å². The summed E-state index contributed by atoms with van der Waals surface area (Å²) in [6, 6.07) is 0. The molecule has 0 aromatic rings. The summed E-state index contributed by atoms with van der Waals surface area (Å²) in [4.78, 5) is 18.8. The van der Waals surface area contributed by atoms with Gasteiger partial charge in [-0.15, -0.1) is 0 Å². The van der Waals surface area contributed by atoms with E-state index in [1.807, 2.05) is 0 Å². The van der Waals surface area contributed by atoms with Crippen LogP contribution in [0.5, 0.6) is 0 Å². The molecule has 0 heterocycles. The van der Waals surface area contributed by atoms with Crippen LogP contribution in [0.25, 0.3) is 0 Å². The predicted octanol–water partition coefficient (Wildman–Crippen LogP) is -2.07. The topological polar surface area (TPSA) is 80.3 Å². The summed E-state index contributed by atoms with van der Waals surface area (Å²) in [7, 11) is 0. The second-order valence-corrected chi connectivity index (χ2v) is 0.971. The van der Waals surface area contributed by atoms with Crippen molar-refractivity contribution in [3.63, 3.8) is 0 Å². The fraction of sp³-hybridized carbons (Fsp3) is 0.333. The maximum absolute atomic E-state index is 9.41. The summed E-state index contributed by atoms with van der Waals surface area (Å²) >= 11 is 0. The molecule has 0 atom stereocenters. The number of carbonyl (C=O) groups is 2. The summed E-state index contributed by atoms with van der Waals surface area (Å²) in [5.74, 6) is -3.09. The van der Waals surface area contributed by atoms with Gasteiger partial charge in [-0.3, -0.25) is 0 Å². The van der Waals surface area contributed by atoms with Crippen molar-refractivity contribution in [2.24, 2.45) is 0 Å². The second-order valence-electron chi connectivity index (χ2n) is 0.971. The molecule has 0 rings (SSSR count). The van der Waals surface area contributed by atoms with Gasteiger partial charge in [0, 0.05) is 0 Å². The molecule has 0 unspecified atom stereocenters. The molecule has 62 valence electrons. The van der Waals surface area contributed by atoms with Crippen LogP contribution in [0.1, 0.15) is 14.9 Å². The Kier molecular flexibility index (Phi) is 24.8. The smallest absolute Gasteiger partial charge is 0.545 e. The quantitative estimate of drug-likeness (QED) is 0.424. The van der Waals surface area contributed by atoms with E-state index in [-0.39, 0.29) is 38.8 Å². The van der Waals surface area contributed by atoms with Crippen LogP contribution in [0, 0.1) is 0 Å². The van der Waals surface area contributed by atoms with E-state index in [0.717, 1.165) is 0 Å². The van der Waals surface area contributed by atoms with Crippen LogP contribution < -0.4 is 10.2 Å². The third-order valence-corrected chi connectivity index (χ3v) is 0.355. The van der Waals surface area contributed by atoms with Gasteiger partial charge in [-0.05, 0) is 12.2 Å². The molecule has 11 heavy (non-hydrogen) atoms. The van der Waals surface area contributed by atoms with E-state index in [9.17, 15) is 19.8 Å². The average Bonchev–Trinajstić information content (AvgIpc) is 1.61. The van der Waals surface area contributed by atoms with Gasteiger partial charge in [-0.25, -0.2) is 0 Å². The Balaban J connectivity index is -0.0000000817. The van der Waals surface area contributed by atoms with Crippen LogP contribution in [-0.2, 0) is 9.59 Å².